The quantitative estimate of drug-likeness (QED) is 0.856. The second-order valence-electron chi connectivity index (χ2n) is 6.15. The topological polar surface area (TPSA) is 47.3 Å². The first-order valence-electron chi connectivity index (χ1n) is 7.18. The molecule has 3 nitrogen and oxygen atoms in total. The van der Waals surface area contributed by atoms with Crippen molar-refractivity contribution in [3.8, 4) is 6.07 Å². The number of nitrogens with zero attached hydrogens (tertiary/aromatic N) is 2. The third-order valence-corrected chi connectivity index (χ3v) is 5.00. The summed E-state index contributed by atoms with van der Waals surface area (Å²) < 4.78 is 13.4. The summed E-state index contributed by atoms with van der Waals surface area (Å²) in [6.45, 7) is 0. The van der Waals surface area contributed by atoms with E-state index in [1.165, 1.54) is 18.6 Å². The normalized spacial score (nSPS) is 33.7. The van der Waals surface area contributed by atoms with Gasteiger partial charge in [-0.3, -0.25) is 0 Å². The van der Waals surface area contributed by atoms with Gasteiger partial charge in [-0.2, -0.15) is 5.26 Å². The summed E-state index contributed by atoms with van der Waals surface area (Å²) >= 11 is 0. The molecule has 0 spiro atoms. The van der Waals surface area contributed by atoms with Crippen LogP contribution < -0.4 is 0 Å². The molecule has 4 heteroatoms. The minimum absolute atomic E-state index is 0.0139. The molecule has 2 aliphatic rings. The molecular weight excluding hydrogens is 255 g/mol. The van der Waals surface area contributed by atoms with E-state index >= 15 is 0 Å². The van der Waals surface area contributed by atoms with Gasteiger partial charge in [-0.15, -0.1) is 0 Å². The van der Waals surface area contributed by atoms with Gasteiger partial charge in [0.2, 0.25) is 0 Å². The molecule has 106 valence electrons. The summed E-state index contributed by atoms with van der Waals surface area (Å²) in [5.41, 5.74) is -0.234. The average Bonchev–Trinajstić information content (AvgIpc) is 2.41. The van der Waals surface area contributed by atoms with Crippen molar-refractivity contribution >= 4 is 0 Å². The van der Waals surface area contributed by atoms with E-state index in [1.807, 2.05) is 6.07 Å². The minimum Gasteiger partial charge on any atom is -0.385 e. The zero-order valence-electron chi connectivity index (χ0n) is 11.6. The highest BCUT2D eigenvalue weighted by Crippen LogP contribution is 2.43. The lowest BCUT2D eigenvalue weighted by Gasteiger charge is -2.50. The van der Waals surface area contributed by atoms with Crippen LogP contribution in [0.5, 0.6) is 0 Å². The average molecular weight is 274 g/mol. The molecule has 2 unspecified atom stereocenters. The van der Waals surface area contributed by atoms with Gasteiger partial charge in [0.15, 0.2) is 0 Å². The molecule has 0 saturated carbocycles. The van der Waals surface area contributed by atoms with Gasteiger partial charge in [0.25, 0.3) is 0 Å². The molecule has 2 bridgehead atoms. The van der Waals surface area contributed by atoms with Crippen LogP contribution in [0.15, 0.2) is 18.2 Å². The van der Waals surface area contributed by atoms with Crippen LogP contribution in [0.1, 0.15) is 43.2 Å². The Morgan fingerprint density at radius 1 is 1.35 bits per heavy atom. The molecule has 0 aromatic heterocycles. The number of hydrogen-bond acceptors (Lipinski definition) is 3. The lowest BCUT2D eigenvalue weighted by molar-refractivity contribution is -0.0875. The van der Waals surface area contributed by atoms with Crippen LogP contribution in [0.3, 0.4) is 0 Å². The Morgan fingerprint density at radius 3 is 2.60 bits per heavy atom. The van der Waals surface area contributed by atoms with Gasteiger partial charge in [-0.05, 0) is 50.4 Å². The zero-order chi connectivity index (χ0) is 14.3. The summed E-state index contributed by atoms with van der Waals surface area (Å²) in [6.07, 6.45) is 4.73. The van der Waals surface area contributed by atoms with Crippen molar-refractivity contribution in [3.05, 3.63) is 35.1 Å². The van der Waals surface area contributed by atoms with Crippen LogP contribution in [0.4, 0.5) is 4.39 Å². The van der Waals surface area contributed by atoms with Gasteiger partial charge in [-0.1, -0.05) is 12.5 Å². The van der Waals surface area contributed by atoms with Crippen molar-refractivity contribution in [1.82, 2.24) is 4.90 Å². The highest BCUT2D eigenvalue weighted by molar-refractivity contribution is 5.37. The molecule has 2 aliphatic heterocycles. The monoisotopic (exact) mass is 274 g/mol. The third kappa shape index (κ3) is 2.11. The molecule has 2 fully saturated rings. The van der Waals surface area contributed by atoms with Gasteiger partial charge in [0.1, 0.15) is 11.9 Å². The number of halogens is 1. The summed E-state index contributed by atoms with van der Waals surface area (Å²) in [5.74, 6) is -0.520. The number of fused-ring (bicyclic) bond motifs is 2. The molecule has 20 heavy (non-hydrogen) atoms. The van der Waals surface area contributed by atoms with E-state index in [-0.39, 0.29) is 5.56 Å². The number of nitriles is 1. The molecule has 2 atom stereocenters. The van der Waals surface area contributed by atoms with Gasteiger partial charge in [-0.25, -0.2) is 4.39 Å². The van der Waals surface area contributed by atoms with Crippen LogP contribution >= 0.6 is 0 Å². The largest absolute Gasteiger partial charge is 0.385 e. The van der Waals surface area contributed by atoms with E-state index in [9.17, 15) is 9.50 Å². The molecule has 0 radical (unpaired) electrons. The molecular formula is C16H19FN2O. The van der Waals surface area contributed by atoms with Crippen molar-refractivity contribution < 1.29 is 9.50 Å². The highest BCUT2D eigenvalue weighted by Gasteiger charge is 2.44. The van der Waals surface area contributed by atoms with Crippen molar-refractivity contribution in [2.75, 3.05) is 7.05 Å². The van der Waals surface area contributed by atoms with E-state index in [4.69, 9.17) is 5.26 Å². The fraction of sp³-hybridized carbons (Fsp3) is 0.562. The maximum atomic E-state index is 13.4. The lowest BCUT2D eigenvalue weighted by Crippen LogP contribution is -2.55. The second-order valence-corrected chi connectivity index (χ2v) is 6.15. The van der Waals surface area contributed by atoms with E-state index in [0.717, 1.165) is 12.8 Å². The van der Waals surface area contributed by atoms with Gasteiger partial charge in [0.05, 0.1) is 11.2 Å². The predicted octanol–water partition coefficient (Wildman–Crippen LogP) is 2.53. The molecule has 0 amide bonds. The molecule has 1 N–H and O–H groups in total. The smallest absolute Gasteiger partial charge is 0.140 e. The molecule has 0 aliphatic carbocycles. The zero-order valence-corrected chi connectivity index (χ0v) is 11.6. The number of piperidine rings is 2. The van der Waals surface area contributed by atoms with Gasteiger partial charge >= 0.3 is 0 Å². The van der Waals surface area contributed by atoms with Crippen molar-refractivity contribution in [2.24, 2.45) is 0 Å². The summed E-state index contributed by atoms with van der Waals surface area (Å²) in [4.78, 5) is 2.37. The van der Waals surface area contributed by atoms with E-state index < -0.39 is 11.4 Å². The Bertz CT molecular complexity index is 552. The standard InChI is InChI=1S/C16H19FN2O/c1-19-13-3-2-4-14(19)9-16(20,8-13)12-5-6-15(17)11(7-12)10-18/h5-7,13-14,20H,2-4,8-9H2,1H3. The third-order valence-electron chi connectivity index (χ3n) is 5.00. The predicted molar refractivity (Wildman–Crippen MR) is 73.4 cm³/mol. The SMILES string of the molecule is CN1C2CCCC1CC(O)(c1ccc(F)c(C#N)c1)C2. The minimum atomic E-state index is -0.929. The summed E-state index contributed by atoms with van der Waals surface area (Å²) in [7, 11) is 2.12. The van der Waals surface area contributed by atoms with Crippen LogP contribution in [0.25, 0.3) is 0 Å². The molecule has 2 saturated heterocycles. The number of benzene rings is 1. The van der Waals surface area contributed by atoms with Crippen LogP contribution in [-0.2, 0) is 5.60 Å². The Morgan fingerprint density at radius 2 is 2.00 bits per heavy atom. The van der Waals surface area contributed by atoms with Crippen molar-refractivity contribution in [1.29, 1.82) is 5.26 Å². The van der Waals surface area contributed by atoms with Crippen molar-refractivity contribution in [2.45, 2.75) is 49.8 Å². The van der Waals surface area contributed by atoms with E-state index in [1.54, 1.807) is 6.07 Å². The maximum Gasteiger partial charge on any atom is 0.140 e. The molecule has 1 aromatic rings. The van der Waals surface area contributed by atoms with Crippen molar-refractivity contribution in [3.63, 3.8) is 0 Å². The highest BCUT2D eigenvalue weighted by atomic mass is 19.1. The Kier molecular flexibility index (Phi) is 3.27. The molecule has 3 rings (SSSR count). The lowest BCUT2D eigenvalue weighted by atomic mass is 9.72. The fourth-order valence-corrected chi connectivity index (χ4v) is 3.79. The molecule has 2 heterocycles. The van der Waals surface area contributed by atoms with Crippen LogP contribution in [-0.4, -0.2) is 29.1 Å². The first-order valence-corrected chi connectivity index (χ1v) is 7.18. The van der Waals surface area contributed by atoms with Gasteiger partial charge in [0, 0.05) is 12.1 Å². The first kappa shape index (κ1) is 13.5. The van der Waals surface area contributed by atoms with E-state index in [0.29, 0.717) is 30.5 Å². The number of hydrogen-bond donors (Lipinski definition) is 1. The summed E-state index contributed by atoms with van der Waals surface area (Å²) in [6, 6.07) is 7.03. The Hall–Kier alpha value is -1.44. The number of rotatable bonds is 1. The summed E-state index contributed by atoms with van der Waals surface area (Å²) in [5, 5.41) is 20.0. The fourth-order valence-electron chi connectivity index (χ4n) is 3.79. The second kappa shape index (κ2) is 4.83. The number of aliphatic hydroxyl groups is 1. The Labute approximate surface area is 118 Å². The van der Waals surface area contributed by atoms with Crippen LogP contribution in [0.2, 0.25) is 0 Å². The molecule has 1 aromatic carbocycles. The maximum absolute atomic E-state index is 13.4. The van der Waals surface area contributed by atoms with Crippen LogP contribution in [0, 0.1) is 17.1 Å². The Balaban J connectivity index is 1.95. The first-order chi connectivity index (χ1) is 9.53. The van der Waals surface area contributed by atoms with E-state index in [2.05, 4.69) is 11.9 Å². The van der Waals surface area contributed by atoms with Gasteiger partial charge < -0.3 is 10.0 Å².